The van der Waals surface area contributed by atoms with Crippen molar-refractivity contribution in [2.24, 2.45) is 5.92 Å². The first-order valence-corrected chi connectivity index (χ1v) is 15.1. The molecule has 2 aliphatic heterocycles. The molecule has 0 bridgehead atoms. The Labute approximate surface area is 249 Å². The van der Waals surface area contributed by atoms with Crippen molar-refractivity contribution >= 4 is 17.7 Å². The summed E-state index contributed by atoms with van der Waals surface area (Å²) < 4.78 is 11.9. The number of nitrogens with one attached hydrogen (secondary N) is 1. The molecule has 3 heterocycles. The molecule has 42 heavy (non-hydrogen) atoms. The maximum Gasteiger partial charge on any atom is 0.255 e. The highest BCUT2D eigenvalue weighted by Crippen LogP contribution is 2.26. The number of hydrogen-bond acceptors (Lipinski definition) is 7. The zero-order valence-corrected chi connectivity index (χ0v) is 26.2. The van der Waals surface area contributed by atoms with Gasteiger partial charge in [0, 0.05) is 38.1 Å². The van der Waals surface area contributed by atoms with Crippen molar-refractivity contribution in [2.75, 3.05) is 39.8 Å². The standard InChI is InChI=1S/C32H47N5O5/c1-21(2)17-24(30(39)37-12-8-9-25(37)31(40)36-15-13-35(7)14-16-36)34-29(38)23-18-22(3)10-11-26(23)41-20-28-33-19-27(42-28)32(4,5)6/h10-11,18-19,21,24-25H,8-9,12-17,20H2,1-7H3,(H,34,38)/t24-,25-/m1/s1. The maximum absolute atomic E-state index is 13.9. The van der Waals surface area contributed by atoms with Gasteiger partial charge < -0.3 is 29.2 Å². The summed E-state index contributed by atoms with van der Waals surface area (Å²) in [4.78, 5) is 51.1. The number of aromatic nitrogens is 1. The third-order valence-electron chi connectivity index (χ3n) is 7.97. The fourth-order valence-corrected chi connectivity index (χ4v) is 5.46. The van der Waals surface area contributed by atoms with Gasteiger partial charge in [-0.05, 0) is 51.3 Å². The number of nitrogens with zero attached hydrogens (tertiary/aromatic N) is 4. The van der Waals surface area contributed by atoms with Crippen LogP contribution in [0, 0.1) is 12.8 Å². The number of benzene rings is 1. The number of rotatable bonds is 9. The number of aryl methyl sites for hydroxylation is 1. The Hall–Kier alpha value is -3.40. The molecular formula is C32H47N5O5. The van der Waals surface area contributed by atoms with Gasteiger partial charge in [0.2, 0.25) is 17.7 Å². The zero-order chi connectivity index (χ0) is 30.6. The predicted octanol–water partition coefficient (Wildman–Crippen LogP) is 3.77. The molecule has 2 aromatic rings. The van der Waals surface area contributed by atoms with Crippen LogP contribution in [0.1, 0.15) is 81.5 Å². The first kappa shape index (κ1) is 31.5. The molecule has 1 aromatic heterocycles. The van der Waals surface area contributed by atoms with E-state index in [1.807, 2.05) is 59.6 Å². The van der Waals surface area contributed by atoms with E-state index < -0.39 is 18.0 Å². The van der Waals surface area contributed by atoms with E-state index in [0.29, 0.717) is 49.7 Å². The van der Waals surface area contributed by atoms with Gasteiger partial charge in [-0.3, -0.25) is 14.4 Å². The van der Waals surface area contributed by atoms with Crippen molar-refractivity contribution in [3.63, 3.8) is 0 Å². The predicted molar refractivity (Wildman–Crippen MR) is 160 cm³/mol. The first-order chi connectivity index (χ1) is 19.8. The van der Waals surface area contributed by atoms with E-state index in [0.717, 1.165) is 30.8 Å². The molecule has 2 saturated heterocycles. The van der Waals surface area contributed by atoms with E-state index >= 15 is 0 Å². The maximum atomic E-state index is 13.9. The molecule has 10 nitrogen and oxygen atoms in total. The zero-order valence-electron chi connectivity index (χ0n) is 26.2. The molecule has 0 radical (unpaired) electrons. The second-order valence-corrected chi connectivity index (χ2v) is 13.1. The highest BCUT2D eigenvalue weighted by molar-refractivity contribution is 6.00. The SMILES string of the molecule is Cc1ccc(OCc2ncc(C(C)(C)C)o2)c(C(=O)N[C@H](CC(C)C)C(=O)N2CCC[C@@H]2C(=O)N2CCN(C)CC2)c1. The molecule has 0 aliphatic carbocycles. The quantitative estimate of drug-likeness (QED) is 0.480. The lowest BCUT2D eigenvalue weighted by atomic mass is 9.94. The molecule has 2 aliphatic rings. The van der Waals surface area contributed by atoms with Gasteiger partial charge in [-0.15, -0.1) is 0 Å². The lowest BCUT2D eigenvalue weighted by molar-refractivity contribution is -0.145. The number of carbonyl (C=O) groups excluding carboxylic acids is 3. The molecular weight excluding hydrogens is 534 g/mol. The van der Waals surface area contributed by atoms with Crippen LogP contribution in [0.3, 0.4) is 0 Å². The summed E-state index contributed by atoms with van der Waals surface area (Å²) in [6.07, 6.45) is 3.58. The van der Waals surface area contributed by atoms with Gasteiger partial charge in [0.1, 0.15) is 23.6 Å². The lowest BCUT2D eigenvalue weighted by Gasteiger charge is -2.36. The largest absolute Gasteiger partial charge is 0.483 e. The highest BCUT2D eigenvalue weighted by Gasteiger charge is 2.40. The van der Waals surface area contributed by atoms with Gasteiger partial charge in [-0.25, -0.2) is 4.98 Å². The van der Waals surface area contributed by atoms with Crippen molar-refractivity contribution < 1.29 is 23.5 Å². The van der Waals surface area contributed by atoms with Crippen LogP contribution in [0.25, 0.3) is 0 Å². The number of carbonyl (C=O) groups is 3. The first-order valence-electron chi connectivity index (χ1n) is 15.1. The van der Waals surface area contributed by atoms with Crippen LogP contribution in [-0.4, -0.2) is 89.3 Å². The molecule has 1 N–H and O–H groups in total. The number of oxazole rings is 1. The smallest absolute Gasteiger partial charge is 0.255 e. The summed E-state index contributed by atoms with van der Waals surface area (Å²) in [6.45, 7) is 15.6. The normalized spacial score (nSPS) is 18.8. The van der Waals surface area contributed by atoms with Gasteiger partial charge in [0.15, 0.2) is 6.61 Å². The van der Waals surface area contributed by atoms with Crippen LogP contribution in [0.5, 0.6) is 5.75 Å². The third-order valence-corrected chi connectivity index (χ3v) is 7.97. The van der Waals surface area contributed by atoms with Gasteiger partial charge in [-0.1, -0.05) is 46.2 Å². The van der Waals surface area contributed by atoms with E-state index in [-0.39, 0.29) is 29.8 Å². The fraction of sp³-hybridized carbons (Fsp3) is 0.625. The van der Waals surface area contributed by atoms with Crippen LogP contribution >= 0.6 is 0 Å². The van der Waals surface area contributed by atoms with Gasteiger partial charge in [0.05, 0.1) is 11.8 Å². The average molecular weight is 582 g/mol. The molecule has 0 spiro atoms. The van der Waals surface area contributed by atoms with E-state index in [1.165, 1.54) is 0 Å². The van der Waals surface area contributed by atoms with E-state index in [1.54, 1.807) is 23.2 Å². The Morgan fingerprint density at radius 2 is 1.83 bits per heavy atom. The summed E-state index contributed by atoms with van der Waals surface area (Å²) in [6, 6.07) is 4.14. The highest BCUT2D eigenvalue weighted by atomic mass is 16.5. The lowest BCUT2D eigenvalue weighted by Crippen LogP contribution is -2.56. The Bertz CT molecular complexity index is 1260. The Kier molecular flexibility index (Phi) is 9.97. The summed E-state index contributed by atoms with van der Waals surface area (Å²) in [5, 5.41) is 3.00. The van der Waals surface area contributed by atoms with E-state index in [2.05, 4.69) is 15.2 Å². The summed E-state index contributed by atoms with van der Waals surface area (Å²) in [5.74, 6) is 1.13. The summed E-state index contributed by atoms with van der Waals surface area (Å²) >= 11 is 0. The van der Waals surface area contributed by atoms with Crippen LogP contribution < -0.4 is 10.1 Å². The third kappa shape index (κ3) is 7.70. The number of piperazine rings is 1. The minimum atomic E-state index is -0.757. The summed E-state index contributed by atoms with van der Waals surface area (Å²) in [5.41, 5.74) is 1.05. The van der Waals surface area contributed by atoms with Crippen molar-refractivity contribution in [3.8, 4) is 5.75 Å². The second kappa shape index (κ2) is 13.3. The number of likely N-dealkylation sites (tertiary alicyclic amines) is 1. The molecule has 2 atom stereocenters. The molecule has 4 rings (SSSR count). The van der Waals surface area contributed by atoms with Crippen molar-refractivity contribution in [2.45, 2.75) is 84.9 Å². The van der Waals surface area contributed by atoms with Crippen LogP contribution in [-0.2, 0) is 21.6 Å². The number of amides is 3. The van der Waals surface area contributed by atoms with Crippen LogP contribution in [0.2, 0.25) is 0 Å². The number of hydrogen-bond donors (Lipinski definition) is 1. The number of ether oxygens (including phenoxy) is 1. The van der Waals surface area contributed by atoms with Crippen molar-refractivity contribution in [1.29, 1.82) is 0 Å². The molecule has 10 heteroatoms. The minimum Gasteiger partial charge on any atom is -0.483 e. The fourth-order valence-electron chi connectivity index (χ4n) is 5.46. The van der Waals surface area contributed by atoms with Crippen molar-refractivity contribution in [3.05, 3.63) is 47.2 Å². The molecule has 0 saturated carbocycles. The molecule has 3 amide bonds. The second-order valence-electron chi connectivity index (χ2n) is 13.1. The Balaban J connectivity index is 1.48. The average Bonchev–Trinajstić information content (AvgIpc) is 3.61. The minimum absolute atomic E-state index is 0.0131. The monoisotopic (exact) mass is 581 g/mol. The Morgan fingerprint density at radius 3 is 2.48 bits per heavy atom. The van der Waals surface area contributed by atoms with Crippen LogP contribution in [0.4, 0.5) is 0 Å². The van der Waals surface area contributed by atoms with E-state index in [4.69, 9.17) is 9.15 Å². The van der Waals surface area contributed by atoms with Crippen LogP contribution in [0.15, 0.2) is 28.8 Å². The van der Waals surface area contributed by atoms with Gasteiger partial charge in [-0.2, -0.15) is 0 Å². The molecule has 230 valence electrons. The Morgan fingerprint density at radius 1 is 1.12 bits per heavy atom. The number of likely N-dealkylation sites (N-methyl/N-ethyl adjacent to an activating group) is 1. The molecule has 2 fully saturated rings. The van der Waals surface area contributed by atoms with E-state index in [9.17, 15) is 14.4 Å². The summed E-state index contributed by atoms with van der Waals surface area (Å²) in [7, 11) is 2.05. The van der Waals surface area contributed by atoms with Crippen molar-refractivity contribution in [1.82, 2.24) is 25.0 Å². The topological polar surface area (TPSA) is 108 Å². The molecule has 1 aromatic carbocycles. The molecule has 0 unspecified atom stereocenters. The van der Waals surface area contributed by atoms with Gasteiger partial charge >= 0.3 is 0 Å². The van der Waals surface area contributed by atoms with Gasteiger partial charge in [0.25, 0.3) is 5.91 Å².